The van der Waals surface area contributed by atoms with E-state index >= 15 is 0 Å². The van der Waals surface area contributed by atoms with E-state index in [0.717, 1.165) is 18.4 Å². The van der Waals surface area contributed by atoms with Crippen LogP contribution in [0.4, 0.5) is 0 Å². The third-order valence-corrected chi connectivity index (χ3v) is 3.90. The van der Waals surface area contributed by atoms with Gasteiger partial charge in [0.05, 0.1) is 11.1 Å². The summed E-state index contributed by atoms with van der Waals surface area (Å²) in [5.41, 5.74) is 1.39. The zero-order valence-corrected chi connectivity index (χ0v) is 13.5. The second kappa shape index (κ2) is 6.02. The zero-order chi connectivity index (χ0) is 15.5. The van der Waals surface area contributed by atoms with E-state index in [-0.39, 0.29) is 23.0 Å². The van der Waals surface area contributed by atoms with Crippen molar-refractivity contribution in [1.29, 1.82) is 0 Å². The van der Waals surface area contributed by atoms with Crippen LogP contribution in [0.3, 0.4) is 0 Å². The van der Waals surface area contributed by atoms with Crippen molar-refractivity contribution in [2.45, 2.75) is 57.7 Å². The molecule has 0 aromatic heterocycles. The van der Waals surface area contributed by atoms with Crippen molar-refractivity contribution < 1.29 is 10.1 Å². The van der Waals surface area contributed by atoms with Crippen molar-refractivity contribution in [1.82, 2.24) is 5.32 Å². The van der Waals surface area contributed by atoms with Crippen LogP contribution in [0.1, 0.15) is 46.1 Å². The Labute approximate surface area is 127 Å². The minimum atomic E-state index is -0.00245. The van der Waals surface area contributed by atoms with Crippen molar-refractivity contribution in [3.63, 3.8) is 0 Å². The largest absolute Gasteiger partial charge is 0.349 e. The topological polar surface area (TPSA) is 45.7 Å². The summed E-state index contributed by atoms with van der Waals surface area (Å²) < 4.78 is 0. The van der Waals surface area contributed by atoms with E-state index < -0.39 is 0 Å². The average molecular weight is 287 g/mol. The maximum Gasteiger partial charge on any atom is 0.244 e. The molecule has 2 rings (SSSR count). The molecule has 0 radical (unpaired) electrons. The maximum absolute atomic E-state index is 12.1. The van der Waals surface area contributed by atoms with E-state index in [0.29, 0.717) is 0 Å². The van der Waals surface area contributed by atoms with E-state index in [2.05, 4.69) is 38.3 Å². The van der Waals surface area contributed by atoms with Crippen LogP contribution < -0.4 is 10.6 Å². The molecule has 1 aliphatic heterocycles. The second-order valence-electron chi connectivity index (χ2n) is 7.48. The summed E-state index contributed by atoms with van der Waals surface area (Å²) in [6, 6.07) is 10.1. The first-order valence-electron chi connectivity index (χ1n) is 7.67. The van der Waals surface area contributed by atoms with E-state index in [1.807, 2.05) is 36.4 Å². The highest BCUT2D eigenvalue weighted by atomic mass is 16.1. The monoisotopic (exact) mass is 287 g/mol. The van der Waals surface area contributed by atoms with Gasteiger partial charge in [-0.05, 0) is 39.3 Å². The molecule has 0 saturated carbocycles. The zero-order valence-electron chi connectivity index (χ0n) is 13.5. The fraction of sp³-hybridized carbons (Fsp3) is 0.500. The number of nitrogens with two attached hydrogens (primary N) is 1. The standard InChI is InChI=1S/C18H26N2O/c1-17(2)12-15(13-18(3,4)20-17)19-16(21)11-10-14-8-6-5-7-9-14/h5-11,15,20H,12-13H2,1-4H3,(H,19,21)/p+1/b11-10+. The van der Waals surface area contributed by atoms with Gasteiger partial charge in [-0.3, -0.25) is 4.79 Å². The van der Waals surface area contributed by atoms with Gasteiger partial charge in [-0.1, -0.05) is 30.3 Å². The fourth-order valence-corrected chi connectivity index (χ4v) is 3.61. The van der Waals surface area contributed by atoms with Crippen LogP contribution in [0.5, 0.6) is 0 Å². The van der Waals surface area contributed by atoms with Crippen LogP contribution in [0, 0.1) is 0 Å². The quantitative estimate of drug-likeness (QED) is 0.822. The molecule has 0 unspecified atom stereocenters. The molecule has 1 fully saturated rings. The SMILES string of the molecule is CC1(C)CC(NC(=O)/C=C/c2ccccc2)CC(C)(C)[NH2+]1. The number of piperidine rings is 1. The van der Waals surface area contributed by atoms with Crippen molar-refractivity contribution in [2.24, 2.45) is 0 Å². The van der Waals surface area contributed by atoms with Crippen LogP contribution in [0.25, 0.3) is 6.08 Å². The molecule has 1 amide bonds. The Kier molecular flexibility index (Phi) is 4.52. The van der Waals surface area contributed by atoms with Crippen LogP contribution in [0.15, 0.2) is 36.4 Å². The van der Waals surface area contributed by atoms with Gasteiger partial charge in [0, 0.05) is 25.0 Å². The van der Waals surface area contributed by atoms with Gasteiger partial charge in [0.1, 0.15) is 0 Å². The lowest BCUT2D eigenvalue weighted by molar-refractivity contribution is -0.787. The van der Waals surface area contributed by atoms with E-state index in [1.54, 1.807) is 6.08 Å². The fourth-order valence-electron chi connectivity index (χ4n) is 3.61. The Morgan fingerprint density at radius 3 is 2.29 bits per heavy atom. The number of hydrogen-bond donors (Lipinski definition) is 2. The average Bonchev–Trinajstić information content (AvgIpc) is 2.33. The molecule has 21 heavy (non-hydrogen) atoms. The first-order valence-corrected chi connectivity index (χ1v) is 7.67. The molecule has 3 nitrogen and oxygen atoms in total. The number of quaternary nitrogens is 1. The molecule has 3 N–H and O–H groups in total. The van der Waals surface area contributed by atoms with Crippen molar-refractivity contribution in [3.8, 4) is 0 Å². The van der Waals surface area contributed by atoms with E-state index in [4.69, 9.17) is 0 Å². The van der Waals surface area contributed by atoms with Crippen molar-refractivity contribution in [3.05, 3.63) is 42.0 Å². The summed E-state index contributed by atoms with van der Waals surface area (Å²) >= 11 is 0. The molecule has 1 aromatic carbocycles. The number of nitrogens with one attached hydrogen (secondary N) is 1. The first-order chi connectivity index (χ1) is 9.76. The van der Waals surface area contributed by atoms with Crippen molar-refractivity contribution in [2.75, 3.05) is 0 Å². The van der Waals surface area contributed by atoms with Gasteiger partial charge in [-0.25, -0.2) is 0 Å². The van der Waals surface area contributed by atoms with Crippen LogP contribution in [0.2, 0.25) is 0 Å². The molecular weight excluding hydrogens is 260 g/mol. The number of carbonyl (C=O) groups excluding carboxylic acids is 1. The highest BCUT2D eigenvalue weighted by Gasteiger charge is 2.41. The summed E-state index contributed by atoms with van der Waals surface area (Å²) in [6.07, 6.45) is 5.50. The number of hydrogen-bond acceptors (Lipinski definition) is 1. The predicted molar refractivity (Wildman–Crippen MR) is 86.7 cm³/mol. The lowest BCUT2D eigenvalue weighted by Gasteiger charge is -2.43. The lowest BCUT2D eigenvalue weighted by atomic mass is 9.79. The Morgan fingerprint density at radius 2 is 1.71 bits per heavy atom. The maximum atomic E-state index is 12.1. The third-order valence-electron chi connectivity index (χ3n) is 3.90. The van der Waals surface area contributed by atoms with Crippen LogP contribution in [-0.4, -0.2) is 23.0 Å². The number of benzene rings is 1. The van der Waals surface area contributed by atoms with Gasteiger partial charge in [0.25, 0.3) is 0 Å². The van der Waals surface area contributed by atoms with Crippen LogP contribution >= 0.6 is 0 Å². The summed E-state index contributed by atoms with van der Waals surface area (Å²) in [6.45, 7) is 8.97. The number of rotatable bonds is 3. The summed E-state index contributed by atoms with van der Waals surface area (Å²) in [4.78, 5) is 12.1. The summed E-state index contributed by atoms with van der Waals surface area (Å²) in [7, 11) is 0. The molecule has 1 aliphatic rings. The lowest BCUT2D eigenvalue weighted by Crippen LogP contribution is -3.06. The molecule has 1 aromatic rings. The van der Waals surface area contributed by atoms with Gasteiger partial charge in [-0.15, -0.1) is 0 Å². The smallest absolute Gasteiger partial charge is 0.244 e. The normalized spacial score (nSPS) is 21.3. The van der Waals surface area contributed by atoms with Gasteiger partial charge in [-0.2, -0.15) is 0 Å². The number of amides is 1. The highest BCUT2D eigenvalue weighted by molar-refractivity contribution is 5.91. The van der Waals surface area contributed by atoms with Gasteiger partial charge < -0.3 is 10.6 Å². The number of carbonyl (C=O) groups is 1. The Bertz CT molecular complexity index is 501. The van der Waals surface area contributed by atoms with Crippen LogP contribution in [-0.2, 0) is 4.79 Å². The third kappa shape index (κ3) is 5.01. The molecule has 114 valence electrons. The molecule has 1 heterocycles. The minimum absolute atomic E-state index is 0.00245. The highest BCUT2D eigenvalue weighted by Crippen LogP contribution is 2.21. The predicted octanol–water partition coefficient (Wildman–Crippen LogP) is 2.10. The Morgan fingerprint density at radius 1 is 1.14 bits per heavy atom. The molecular formula is C18H27N2O+. The molecule has 0 spiro atoms. The Balaban J connectivity index is 1.95. The van der Waals surface area contributed by atoms with E-state index in [9.17, 15) is 4.79 Å². The molecule has 3 heteroatoms. The van der Waals surface area contributed by atoms with Crippen molar-refractivity contribution >= 4 is 12.0 Å². The molecule has 1 saturated heterocycles. The minimum Gasteiger partial charge on any atom is -0.349 e. The molecule has 0 atom stereocenters. The first kappa shape index (κ1) is 15.8. The summed E-state index contributed by atoms with van der Waals surface area (Å²) in [5.74, 6) is -0.00245. The molecule has 0 bridgehead atoms. The van der Waals surface area contributed by atoms with Gasteiger partial charge in [0.2, 0.25) is 5.91 Å². The van der Waals surface area contributed by atoms with E-state index in [1.165, 1.54) is 0 Å². The van der Waals surface area contributed by atoms with Gasteiger partial charge >= 0.3 is 0 Å². The Hall–Kier alpha value is -1.61. The second-order valence-corrected chi connectivity index (χ2v) is 7.48. The van der Waals surface area contributed by atoms with Gasteiger partial charge in [0.15, 0.2) is 0 Å². The molecule has 0 aliphatic carbocycles. The summed E-state index contributed by atoms with van der Waals surface area (Å²) in [5, 5.41) is 5.57.